The van der Waals surface area contributed by atoms with Gasteiger partial charge in [-0.25, -0.2) is 4.68 Å². The Bertz CT molecular complexity index is 594. The van der Waals surface area contributed by atoms with E-state index >= 15 is 0 Å². The van der Waals surface area contributed by atoms with Crippen molar-refractivity contribution in [2.24, 2.45) is 5.92 Å². The van der Waals surface area contributed by atoms with Crippen LogP contribution in [0.4, 0.5) is 0 Å². The number of benzene rings is 1. The zero-order chi connectivity index (χ0) is 14.5. The van der Waals surface area contributed by atoms with Gasteiger partial charge in [0.2, 0.25) is 5.91 Å². The van der Waals surface area contributed by atoms with Gasteiger partial charge in [-0.3, -0.25) is 4.79 Å². The van der Waals surface area contributed by atoms with E-state index in [0.29, 0.717) is 6.54 Å². The van der Waals surface area contributed by atoms with Crippen LogP contribution in [0.2, 0.25) is 0 Å². The first-order valence-electron chi connectivity index (χ1n) is 7.41. The van der Waals surface area contributed by atoms with Gasteiger partial charge in [0.05, 0.1) is 5.69 Å². The van der Waals surface area contributed by atoms with Crippen molar-refractivity contribution in [3.8, 4) is 5.69 Å². The molecule has 6 heteroatoms. The molecule has 1 aliphatic heterocycles. The minimum Gasteiger partial charge on any atom is -0.352 e. The molecule has 0 bridgehead atoms. The average Bonchev–Trinajstić information content (AvgIpc) is 3.08. The first-order chi connectivity index (χ1) is 10.3. The molecule has 0 radical (unpaired) electrons. The normalized spacial score (nSPS) is 15.1. The lowest BCUT2D eigenvalue weighted by molar-refractivity contribution is -0.125. The quantitative estimate of drug-likeness (QED) is 0.904. The van der Waals surface area contributed by atoms with E-state index in [4.69, 9.17) is 0 Å². The Morgan fingerprint density at radius 1 is 1.27 bits per heavy atom. The van der Waals surface area contributed by atoms with Crippen LogP contribution in [0.3, 0.4) is 0 Å². The molecule has 0 saturated carbocycles. The summed E-state index contributed by atoms with van der Waals surface area (Å²) >= 11 is 0. The van der Waals surface area contributed by atoms with Gasteiger partial charge in [0.1, 0.15) is 0 Å². The average molecular weight is 321 g/mol. The van der Waals surface area contributed by atoms with E-state index in [-0.39, 0.29) is 24.2 Å². The first kappa shape index (κ1) is 16.5. The molecule has 22 heavy (non-hydrogen) atoms. The molecule has 3 rings (SSSR count). The summed E-state index contributed by atoms with van der Waals surface area (Å²) in [5, 5.41) is 10.6. The number of hydrogen-bond donors (Lipinski definition) is 2. The third-order valence-corrected chi connectivity index (χ3v) is 3.91. The minimum absolute atomic E-state index is 0. The summed E-state index contributed by atoms with van der Waals surface area (Å²) in [5.74, 6) is 0.301. The smallest absolute Gasteiger partial charge is 0.223 e. The molecule has 0 aliphatic carbocycles. The van der Waals surface area contributed by atoms with Gasteiger partial charge in [0.15, 0.2) is 0 Å². The number of piperidine rings is 1. The summed E-state index contributed by atoms with van der Waals surface area (Å²) < 4.78 is 1.83. The van der Waals surface area contributed by atoms with Gasteiger partial charge in [-0.2, -0.15) is 5.10 Å². The number of nitrogens with one attached hydrogen (secondary N) is 2. The van der Waals surface area contributed by atoms with Crippen molar-refractivity contribution in [1.29, 1.82) is 0 Å². The minimum atomic E-state index is 0. The van der Waals surface area contributed by atoms with Crippen molar-refractivity contribution in [3.05, 3.63) is 48.3 Å². The second-order valence-corrected chi connectivity index (χ2v) is 5.32. The topological polar surface area (TPSA) is 59.0 Å². The van der Waals surface area contributed by atoms with Crippen molar-refractivity contribution in [3.63, 3.8) is 0 Å². The van der Waals surface area contributed by atoms with E-state index in [2.05, 4.69) is 15.7 Å². The maximum atomic E-state index is 12.2. The molecule has 0 unspecified atom stereocenters. The number of carbonyl (C=O) groups excluding carboxylic acids is 1. The van der Waals surface area contributed by atoms with Gasteiger partial charge < -0.3 is 10.6 Å². The fourth-order valence-electron chi connectivity index (χ4n) is 2.71. The van der Waals surface area contributed by atoms with Crippen LogP contribution in [-0.2, 0) is 11.3 Å². The molecular formula is C16H21ClN4O. The monoisotopic (exact) mass is 320 g/mol. The highest BCUT2D eigenvalue weighted by Gasteiger charge is 2.20. The summed E-state index contributed by atoms with van der Waals surface area (Å²) in [6.07, 6.45) is 5.51. The van der Waals surface area contributed by atoms with Crippen LogP contribution in [-0.4, -0.2) is 28.8 Å². The van der Waals surface area contributed by atoms with Gasteiger partial charge in [0.25, 0.3) is 0 Å². The highest BCUT2D eigenvalue weighted by atomic mass is 35.5. The predicted molar refractivity (Wildman–Crippen MR) is 88.3 cm³/mol. The summed E-state index contributed by atoms with van der Waals surface area (Å²) in [6.45, 7) is 2.41. The molecule has 1 aromatic heterocycles. The van der Waals surface area contributed by atoms with Crippen LogP contribution in [0, 0.1) is 5.92 Å². The molecule has 2 aromatic rings. The fourth-order valence-corrected chi connectivity index (χ4v) is 2.71. The molecule has 0 atom stereocenters. The largest absolute Gasteiger partial charge is 0.352 e. The number of hydrogen-bond acceptors (Lipinski definition) is 3. The van der Waals surface area contributed by atoms with Crippen LogP contribution in [0.15, 0.2) is 42.7 Å². The van der Waals surface area contributed by atoms with Crippen LogP contribution in [0.5, 0.6) is 0 Å². The van der Waals surface area contributed by atoms with Crippen molar-refractivity contribution >= 4 is 18.3 Å². The van der Waals surface area contributed by atoms with Crippen molar-refractivity contribution in [1.82, 2.24) is 20.4 Å². The fraction of sp³-hybridized carbons (Fsp3) is 0.375. The van der Waals surface area contributed by atoms with Crippen molar-refractivity contribution in [2.75, 3.05) is 13.1 Å². The molecule has 5 nitrogen and oxygen atoms in total. The third-order valence-electron chi connectivity index (χ3n) is 3.91. The molecule has 1 saturated heterocycles. The van der Waals surface area contributed by atoms with Crippen LogP contribution in [0.1, 0.15) is 18.4 Å². The number of amides is 1. The van der Waals surface area contributed by atoms with E-state index in [0.717, 1.165) is 37.2 Å². The van der Waals surface area contributed by atoms with Gasteiger partial charge in [-0.15, -0.1) is 12.4 Å². The van der Waals surface area contributed by atoms with E-state index < -0.39 is 0 Å². The van der Waals surface area contributed by atoms with Crippen molar-refractivity contribution < 1.29 is 4.79 Å². The van der Waals surface area contributed by atoms with E-state index in [1.807, 2.05) is 41.2 Å². The highest BCUT2D eigenvalue weighted by Crippen LogP contribution is 2.15. The Morgan fingerprint density at radius 3 is 2.77 bits per heavy atom. The van der Waals surface area contributed by atoms with E-state index in [1.54, 1.807) is 6.20 Å². The second-order valence-electron chi connectivity index (χ2n) is 5.32. The summed E-state index contributed by atoms with van der Waals surface area (Å²) in [7, 11) is 0. The zero-order valence-corrected chi connectivity index (χ0v) is 13.2. The Hall–Kier alpha value is -1.85. The zero-order valence-electron chi connectivity index (χ0n) is 12.4. The number of rotatable bonds is 4. The molecule has 118 valence electrons. The summed E-state index contributed by atoms with van der Waals surface area (Å²) in [5.41, 5.74) is 2.08. The van der Waals surface area contributed by atoms with Crippen LogP contribution in [0.25, 0.3) is 5.69 Å². The Kier molecular flexibility index (Phi) is 5.98. The maximum Gasteiger partial charge on any atom is 0.223 e. The van der Waals surface area contributed by atoms with Gasteiger partial charge >= 0.3 is 0 Å². The number of aromatic nitrogens is 2. The Balaban J connectivity index is 0.00000176. The van der Waals surface area contributed by atoms with E-state index in [9.17, 15) is 4.79 Å². The molecule has 1 fully saturated rings. The summed E-state index contributed by atoms with van der Waals surface area (Å²) in [6, 6.07) is 9.90. The van der Waals surface area contributed by atoms with Gasteiger partial charge in [-0.1, -0.05) is 18.2 Å². The van der Waals surface area contributed by atoms with E-state index in [1.165, 1.54) is 0 Å². The van der Waals surface area contributed by atoms with Crippen LogP contribution >= 0.6 is 12.4 Å². The number of carbonyl (C=O) groups is 1. The highest BCUT2D eigenvalue weighted by molar-refractivity contribution is 5.85. The molecule has 1 aromatic carbocycles. The van der Waals surface area contributed by atoms with Gasteiger partial charge in [0, 0.05) is 24.9 Å². The molecule has 1 amide bonds. The third kappa shape index (κ3) is 3.87. The van der Waals surface area contributed by atoms with Crippen LogP contribution < -0.4 is 10.6 Å². The number of para-hydroxylation sites is 1. The predicted octanol–water partition coefficient (Wildman–Crippen LogP) is 1.91. The number of halogens is 1. The summed E-state index contributed by atoms with van der Waals surface area (Å²) in [4.78, 5) is 12.2. The number of nitrogens with zero attached hydrogens (tertiary/aromatic N) is 2. The Labute approximate surface area is 136 Å². The van der Waals surface area contributed by atoms with Gasteiger partial charge in [-0.05, 0) is 43.6 Å². The molecule has 2 N–H and O–H groups in total. The SMILES string of the molecule is Cl.O=C(NCc1ccccc1-n1cccn1)C1CCNCC1. The molecule has 0 spiro atoms. The lowest BCUT2D eigenvalue weighted by Crippen LogP contribution is -2.38. The standard InChI is InChI=1S/C16H20N4O.ClH/c21-16(13-6-9-17-10-7-13)18-12-14-4-1-2-5-15(14)20-11-3-8-19-20;/h1-5,8,11,13,17H,6-7,9-10,12H2,(H,18,21);1H. The molecule has 2 heterocycles. The lowest BCUT2D eigenvalue weighted by atomic mass is 9.97. The lowest BCUT2D eigenvalue weighted by Gasteiger charge is -2.22. The maximum absolute atomic E-state index is 12.2. The van der Waals surface area contributed by atoms with Crippen molar-refractivity contribution in [2.45, 2.75) is 19.4 Å². The first-order valence-corrected chi connectivity index (χ1v) is 7.41. The molecule has 1 aliphatic rings. The molecular weight excluding hydrogens is 300 g/mol. The second kappa shape index (κ2) is 7.96. The Morgan fingerprint density at radius 2 is 2.05 bits per heavy atom.